The average Bonchev–Trinajstić information content (AvgIpc) is 3.19. The first-order chi connectivity index (χ1) is 16.7. The lowest BCUT2D eigenvalue weighted by molar-refractivity contribution is -0.122. The van der Waals surface area contributed by atoms with Crippen molar-refractivity contribution in [1.29, 1.82) is 0 Å². The number of fused-ring (bicyclic) bond motifs is 1. The molecule has 4 rings (SSSR count). The molecule has 0 spiro atoms. The summed E-state index contributed by atoms with van der Waals surface area (Å²) in [6.45, 7) is 3.52. The fourth-order valence-electron chi connectivity index (χ4n) is 3.95. The third-order valence-corrected chi connectivity index (χ3v) is 7.50. The van der Waals surface area contributed by atoms with Crippen molar-refractivity contribution in [1.82, 2.24) is 0 Å². The molecule has 3 amide bonds. The molecule has 35 heavy (non-hydrogen) atoms. The summed E-state index contributed by atoms with van der Waals surface area (Å²) < 4.78 is 5.73. The highest BCUT2D eigenvalue weighted by atomic mass is 35.5. The molecule has 182 valence electrons. The SMILES string of the molecule is Cc1ccc(NC(=O)[C@H](C)Oc2ccc(C(=O)Nc3sc4c(c3C(N)=O)CCCC4)cc2)cc1Cl. The van der Waals surface area contributed by atoms with Crippen LogP contribution in [-0.2, 0) is 17.6 Å². The van der Waals surface area contributed by atoms with Gasteiger partial charge in [-0.15, -0.1) is 11.3 Å². The first kappa shape index (κ1) is 24.8. The molecule has 0 aliphatic heterocycles. The third-order valence-electron chi connectivity index (χ3n) is 5.88. The van der Waals surface area contributed by atoms with Crippen LogP contribution in [0.15, 0.2) is 42.5 Å². The highest BCUT2D eigenvalue weighted by Crippen LogP contribution is 2.38. The molecule has 0 radical (unpaired) electrons. The molecule has 0 saturated heterocycles. The van der Waals surface area contributed by atoms with Crippen molar-refractivity contribution >= 4 is 51.3 Å². The molecule has 1 aliphatic rings. The average molecular weight is 512 g/mol. The summed E-state index contributed by atoms with van der Waals surface area (Å²) in [5.74, 6) is -0.758. The number of carbonyl (C=O) groups excluding carboxylic acids is 3. The Balaban J connectivity index is 1.39. The highest BCUT2D eigenvalue weighted by Gasteiger charge is 2.25. The number of hydrogen-bond acceptors (Lipinski definition) is 5. The van der Waals surface area contributed by atoms with Gasteiger partial charge in [-0.1, -0.05) is 17.7 Å². The van der Waals surface area contributed by atoms with Crippen LogP contribution in [0.4, 0.5) is 10.7 Å². The summed E-state index contributed by atoms with van der Waals surface area (Å²) in [6.07, 6.45) is 2.99. The van der Waals surface area contributed by atoms with Crippen molar-refractivity contribution in [2.75, 3.05) is 10.6 Å². The normalized spacial score (nSPS) is 13.5. The molecule has 1 atom stereocenters. The van der Waals surface area contributed by atoms with Gasteiger partial charge in [0.1, 0.15) is 10.8 Å². The Labute approximate surface area is 212 Å². The Morgan fingerprint density at radius 1 is 1.06 bits per heavy atom. The maximum absolute atomic E-state index is 12.8. The van der Waals surface area contributed by atoms with E-state index in [0.29, 0.717) is 32.6 Å². The molecule has 1 aromatic heterocycles. The van der Waals surface area contributed by atoms with Crippen LogP contribution in [0.25, 0.3) is 0 Å². The van der Waals surface area contributed by atoms with Crippen molar-refractivity contribution in [3.05, 3.63) is 74.6 Å². The topological polar surface area (TPSA) is 111 Å². The maximum atomic E-state index is 12.8. The zero-order chi connectivity index (χ0) is 25.1. The Morgan fingerprint density at radius 2 is 1.77 bits per heavy atom. The molecule has 0 fully saturated rings. The smallest absolute Gasteiger partial charge is 0.265 e. The minimum Gasteiger partial charge on any atom is -0.481 e. The van der Waals surface area contributed by atoms with E-state index in [9.17, 15) is 14.4 Å². The summed E-state index contributed by atoms with van der Waals surface area (Å²) in [4.78, 5) is 38.5. The molecular formula is C26H26ClN3O4S. The summed E-state index contributed by atoms with van der Waals surface area (Å²) in [5, 5.41) is 6.68. The van der Waals surface area contributed by atoms with E-state index in [0.717, 1.165) is 41.7 Å². The number of benzene rings is 2. The van der Waals surface area contributed by atoms with Crippen molar-refractivity contribution < 1.29 is 19.1 Å². The van der Waals surface area contributed by atoms with Gasteiger partial charge in [0, 0.05) is 21.2 Å². The number of nitrogens with one attached hydrogen (secondary N) is 2. The van der Waals surface area contributed by atoms with Crippen LogP contribution in [-0.4, -0.2) is 23.8 Å². The molecule has 0 unspecified atom stereocenters. The first-order valence-electron chi connectivity index (χ1n) is 11.3. The molecule has 7 nitrogen and oxygen atoms in total. The number of carbonyl (C=O) groups is 3. The lowest BCUT2D eigenvalue weighted by atomic mass is 9.95. The number of nitrogens with two attached hydrogens (primary N) is 1. The predicted octanol–water partition coefficient (Wildman–Crippen LogP) is 5.35. The summed E-state index contributed by atoms with van der Waals surface area (Å²) in [7, 11) is 0. The predicted molar refractivity (Wildman–Crippen MR) is 139 cm³/mol. The van der Waals surface area contributed by atoms with Crippen molar-refractivity contribution in [2.24, 2.45) is 5.73 Å². The first-order valence-corrected chi connectivity index (χ1v) is 12.5. The van der Waals surface area contributed by atoms with Gasteiger partial charge in [0.15, 0.2) is 6.10 Å². The zero-order valence-corrected chi connectivity index (χ0v) is 21.0. The largest absolute Gasteiger partial charge is 0.481 e. The number of hydrogen-bond donors (Lipinski definition) is 3. The second kappa shape index (κ2) is 10.5. The van der Waals surface area contributed by atoms with Gasteiger partial charge in [-0.25, -0.2) is 0 Å². The second-order valence-electron chi connectivity index (χ2n) is 8.47. The van der Waals surface area contributed by atoms with Crippen molar-refractivity contribution in [2.45, 2.75) is 45.6 Å². The van der Waals surface area contributed by atoms with Gasteiger partial charge >= 0.3 is 0 Å². The van der Waals surface area contributed by atoms with E-state index in [2.05, 4.69) is 10.6 Å². The Kier molecular flexibility index (Phi) is 7.42. The van der Waals surface area contributed by atoms with E-state index < -0.39 is 12.0 Å². The third kappa shape index (κ3) is 5.66. The number of ether oxygens (including phenoxy) is 1. The van der Waals surface area contributed by atoms with Gasteiger partial charge in [-0.3, -0.25) is 14.4 Å². The number of amides is 3. The van der Waals surface area contributed by atoms with E-state index in [-0.39, 0.29) is 11.8 Å². The molecule has 3 aromatic rings. The van der Waals surface area contributed by atoms with Gasteiger partial charge in [0.25, 0.3) is 17.7 Å². The van der Waals surface area contributed by atoms with Crippen LogP contribution >= 0.6 is 22.9 Å². The zero-order valence-electron chi connectivity index (χ0n) is 19.4. The lowest BCUT2D eigenvalue weighted by Crippen LogP contribution is -2.30. The highest BCUT2D eigenvalue weighted by molar-refractivity contribution is 7.17. The quantitative estimate of drug-likeness (QED) is 0.397. The number of halogens is 1. The van der Waals surface area contributed by atoms with Gasteiger partial charge in [0.05, 0.1) is 5.56 Å². The van der Waals surface area contributed by atoms with Gasteiger partial charge < -0.3 is 21.1 Å². The lowest BCUT2D eigenvalue weighted by Gasteiger charge is -2.15. The standard InChI is InChI=1S/C26H26ClN3O4S/c1-14-7-10-17(13-20(14)27)29-24(32)15(2)34-18-11-8-16(9-12-18)25(33)30-26-22(23(28)31)19-5-3-4-6-21(19)35-26/h7-13,15H,3-6H2,1-2H3,(H2,28,31)(H,29,32)(H,30,33)/t15-/m0/s1. The van der Waals surface area contributed by atoms with Gasteiger partial charge in [0.2, 0.25) is 0 Å². The van der Waals surface area contributed by atoms with Crippen LogP contribution in [0.2, 0.25) is 5.02 Å². The Bertz CT molecular complexity index is 1290. The Morgan fingerprint density at radius 3 is 2.46 bits per heavy atom. The number of aryl methyl sites for hydroxylation is 2. The van der Waals surface area contributed by atoms with Crippen molar-refractivity contribution in [3.63, 3.8) is 0 Å². The molecule has 1 aliphatic carbocycles. The van der Waals surface area contributed by atoms with Crippen LogP contribution in [0.5, 0.6) is 5.75 Å². The summed E-state index contributed by atoms with van der Waals surface area (Å²) in [6, 6.07) is 11.7. The van der Waals surface area contributed by atoms with E-state index in [1.165, 1.54) is 11.3 Å². The number of anilines is 2. The number of primary amides is 1. The minimum atomic E-state index is -0.773. The molecule has 2 aromatic carbocycles. The van der Waals surface area contributed by atoms with Crippen LogP contribution in [0.3, 0.4) is 0 Å². The maximum Gasteiger partial charge on any atom is 0.265 e. The Hall–Kier alpha value is -3.36. The second-order valence-corrected chi connectivity index (χ2v) is 9.98. The van der Waals surface area contributed by atoms with Crippen LogP contribution < -0.4 is 21.1 Å². The summed E-state index contributed by atoms with van der Waals surface area (Å²) >= 11 is 7.53. The molecule has 0 bridgehead atoms. The van der Waals surface area contributed by atoms with Crippen LogP contribution in [0, 0.1) is 6.92 Å². The molecule has 0 saturated carbocycles. The molecule has 1 heterocycles. The molecule has 9 heteroatoms. The number of thiophene rings is 1. The van der Waals surface area contributed by atoms with Crippen molar-refractivity contribution in [3.8, 4) is 5.75 Å². The molecule has 4 N–H and O–H groups in total. The fraction of sp³-hybridized carbons (Fsp3) is 0.269. The fourth-order valence-corrected chi connectivity index (χ4v) is 5.42. The van der Waals surface area contributed by atoms with E-state index in [1.807, 2.05) is 13.0 Å². The minimum absolute atomic E-state index is 0.326. The monoisotopic (exact) mass is 511 g/mol. The molecular weight excluding hydrogens is 486 g/mol. The van der Waals surface area contributed by atoms with E-state index in [4.69, 9.17) is 22.1 Å². The van der Waals surface area contributed by atoms with E-state index >= 15 is 0 Å². The number of rotatable bonds is 7. The van der Waals surface area contributed by atoms with Gasteiger partial charge in [-0.05, 0) is 87.1 Å². The van der Waals surface area contributed by atoms with Crippen LogP contribution in [0.1, 0.15) is 56.5 Å². The van der Waals surface area contributed by atoms with E-state index in [1.54, 1.807) is 43.3 Å². The summed E-state index contributed by atoms with van der Waals surface area (Å²) in [5.41, 5.74) is 8.90. The van der Waals surface area contributed by atoms with Gasteiger partial charge in [-0.2, -0.15) is 0 Å².